The van der Waals surface area contributed by atoms with Crippen LogP contribution in [0.25, 0.3) is 0 Å². The van der Waals surface area contributed by atoms with E-state index in [0.29, 0.717) is 0 Å². The van der Waals surface area contributed by atoms with Crippen LogP contribution in [0.15, 0.2) is 42.0 Å². The Morgan fingerprint density at radius 2 is 1.92 bits per heavy atom. The van der Waals surface area contributed by atoms with E-state index in [1.165, 1.54) is 0 Å². The van der Waals surface area contributed by atoms with Gasteiger partial charge >= 0.3 is 0 Å². The lowest BCUT2D eigenvalue weighted by molar-refractivity contribution is 1.52. The molecule has 60 valence electrons. The van der Waals surface area contributed by atoms with Crippen molar-refractivity contribution in [2.75, 3.05) is 0 Å². The van der Waals surface area contributed by atoms with Crippen molar-refractivity contribution in [3.05, 3.63) is 47.5 Å². The first-order chi connectivity index (χ1) is 5.83. The number of allylic oxidation sites excluding steroid dienone is 2. The summed E-state index contributed by atoms with van der Waals surface area (Å²) in [7, 11) is 0. The molecular formula is C12H12. The Bertz CT molecular complexity index is 320. The van der Waals surface area contributed by atoms with Gasteiger partial charge in [0.25, 0.3) is 0 Å². The zero-order valence-corrected chi connectivity index (χ0v) is 7.46. The third-order valence-electron chi connectivity index (χ3n) is 1.61. The summed E-state index contributed by atoms with van der Waals surface area (Å²) in [6.45, 7) is 4.00. The van der Waals surface area contributed by atoms with Crippen LogP contribution >= 0.6 is 0 Å². The van der Waals surface area contributed by atoms with Gasteiger partial charge in [0.2, 0.25) is 0 Å². The maximum absolute atomic E-state index is 3.08. The smallest absolute Gasteiger partial charge is 0.0248 e. The van der Waals surface area contributed by atoms with E-state index in [-0.39, 0.29) is 0 Å². The maximum Gasteiger partial charge on any atom is 0.0248 e. The summed E-state index contributed by atoms with van der Waals surface area (Å²) in [5.41, 5.74) is 2.18. The molecule has 0 unspecified atom stereocenters. The highest BCUT2D eigenvalue weighted by atomic mass is 13.8. The fourth-order valence-electron chi connectivity index (χ4n) is 0.764. The second-order valence-corrected chi connectivity index (χ2v) is 2.59. The zero-order chi connectivity index (χ0) is 8.81. The molecule has 1 rings (SSSR count). The SMILES string of the molecule is CC=C(C)C#Cc1ccccc1. The standard InChI is InChI=1S/C12H12/c1-3-11(2)9-10-12-7-5-4-6-8-12/h3-8H,1-2H3. The Hall–Kier alpha value is -1.48. The molecule has 12 heavy (non-hydrogen) atoms. The Balaban J connectivity index is 2.81. The van der Waals surface area contributed by atoms with Crippen LogP contribution in [0.1, 0.15) is 19.4 Å². The van der Waals surface area contributed by atoms with Crippen LogP contribution < -0.4 is 0 Å². The molecule has 0 spiro atoms. The van der Waals surface area contributed by atoms with Gasteiger partial charge in [-0.05, 0) is 31.6 Å². The van der Waals surface area contributed by atoms with E-state index in [4.69, 9.17) is 0 Å². The molecule has 0 aromatic heterocycles. The van der Waals surface area contributed by atoms with Gasteiger partial charge in [0.15, 0.2) is 0 Å². The van der Waals surface area contributed by atoms with Crippen LogP contribution in [0, 0.1) is 11.8 Å². The van der Waals surface area contributed by atoms with Crippen molar-refractivity contribution >= 4 is 0 Å². The molecular weight excluding hydrogens is 144 g/mol. The molecule has 0 saturated heterocycles. The first kappa shape index (κ1) is 8.62. The lowest BCUT2D eigenvalue weighted by Gasteiger charge is -1.86. The Labute approximate surface area is 73.9 Å². The molecule has 0 saturated carbocycles. The lowest BCUT2D eigenvalue weighted by atomic mass is 10.2. The van der Waals surface area contributed by atoms with Crippen molar-refractivity contribution in [2.24, 2.45) is 0 Å². The Kier molecular flexibility index (Phi) is 3.17. The van der Waals surface area contributed by atoms with Crippen LogP contribution in [0.3, 0.4) is 0 Å². The molecule has 1 aromatic carbocycles. The van der Waals surface area contributed by atoms with Gasteiger partial charge in [-0.25, -0.2) is 0 Å². The summed E-state index contributed by atoms with van der Waals surface area (Å²) in [5.74, 6) is 6.14. The molecule has 0 aliphatic heterocycles. The van der Waals surface area contributed by atoms with Gasteiger partial charge in [-0.15, -0.1) is 0 Å². The normalized spacial score (nSPS) is 10.3. The van der Waals surface area contributed by atoms with Gasteiger partial charge in [-0.1, -0.05) is 36.1 Å². The molecule has 0 aliphatic rings. The van der Waals surface area contributed by atoms with Gasteiger partial charge in [0.1, 0.15) is 0 Å². The van der Waals surface area contributed by atoms with Crippen LogP contribution in [0.2, 0.25) is 0 Å². The lowest BCUT2D eigenvalue weighted by Crippen LogP contribution is -1.71. The fourth-order valence-corrected chi connectivity index (χ4v) is 0.764. The summed E-state index contributed by atoms with van der Waals surface area (Å²) in [6, 6.07) is 10.0. The topological polar surface area (TPSA) is 0 Å². The van der Waals surface area contributed by atoms with Crippen molar-refractivity contribution in [3.63, 3.8) is 0 Å². The number of benzene rings is 1. The third-order valence-corrected chi connectivity index (χ3v) is 1.61. The van der Waals surface area contributed by atoms with Gasteiger partial charge in [0.05, 0.1) is 0 Å². The largest absolute Gasteiger partial charge is 0.0763 e. The molecule has 0 radical (unpaired) electrons. The summed E-state index contributed by atoms with van der Waals surface area (Å²) in [6.07, 6.45) is 2.01. The highest BCUT2D eigenvalue weighted by molar-refractivity contribution is 5.39. The highest BCUT2D eigenvalue weighted by Crippen LogP contribution is 1.96. The highest BCUT2D eigenvalue weighted by Gasteiger charge is 1.80. The van der Waals surface area contributed by atoms with Crippen LogP contribution in [-0.4, -0.2) is 0 Å². The molecule has 0 heteroatoms. The van der Waals surface area contributed by atoms with E-state index >= 15 is 0 Å². The van der Waals surface area contributed by atoms with Gasteiger partial charge in [-0.2, -0.15) is 0 Å². The molecule has 0 fully saturated rings. The average molecular weight is 156 g/mol. The van der Waals surface area contributed by atoms with E-state index in [2.05, 4.69) is 11.8 Å². The van der Waals surface area contributed by atoms with E-state index in [0.717, 1.165) is 11.1 Å². The van der Waals surface area contributed by atoms with Gasteiger partial charge < -0.3 is 0 Å². The number of hydrogen-bond donors (Lipinski definition) is 0. The third kappa shape index (κ3) is 2.64. The molecule has 0 bridgehead atoms. The van der Waals surface area contributed by atoms with Gasteiger partial charge in [0, 0.05) is 5.56 Å². The molecule has 0 aliphatic carbocycles. The van der Waals surface area contributed by atoms with E-state index < -0.39 is 0 Å². The summed E-state index contributed by atoms with van der Waals surface area (Å²) >= 11 is 0. The van der Waals surface area contributed by atoms with Crippen molar-refractivity contribution < 1.29 is 0 Å². The van der Waals surface area contributed by atoms with Gasteiger partial charge in [-0.3, -0.25) is 0 Å². The maximum atomic E-state index is 3.08. The minimum absolute atomic E-state index is 1.07. The van der Waals surface area contributed by atoms with E-state index in [1.807, 2.05) is 50.3 Å². The minimum Gasteiger partial charge on any atom is -0.0763 e. The van der Waals surface area contributed by atoms with Crippen molar-refractivity contribution in [1.29, 1.82) is 0 Å². The van der Waals surface area contributed by atoms with Crippen molar-refractivity contribution in [2.45, 2.75) is 13.8 Å². The van der Waals surface area contributed by atoms with E-state index in [9.17, 15) is 0 Å². The number of hydrogen-bond acceptors (Lipinski definition) is 0. The molecule has 0 nitrogen and oxygen atoms in total. The van der Waals surface area contributed by atoms with E-state index in [1.54, 1.807) is 0 Å². The fraction of sp³-hybridized carbons (Fsp3) is 0.167. The first-order valence-electron chi connectivity index (χ1n) is 4.03. The second kappa shape index (κ2) is 4.41. The second-order valence-electron chi connectivity index (χ2n) is 2.59. The monoisotopic (exact) mass is 156 g/mol. The molecule has 0 heterocycles. The summed E-state index contributed by atoms with van der Waals surface area (Å²) in [4.78, 5) is 0. The Morgan fingerprint density at radius 3 is 2.50 bits per heavy atom. The molecule has 1 aromatic rings. The summed E-state index contributed by atoms with van der Waals surface area (Å²) < 4.78 is 0. The van der Waals surface area contributed by atoms with Crippen LogP contribution in [-0.2, 0) is 0 Å². The molecule has 0 atom stereocenters. The number of rotatable bonds is 0. The van der Waals surface area contributed by atoms with Crippen molar-refractivity contribution in [3.8, 4) is 11.8 Å². The summed E-state index contributed by atoms with van der Waals surface area (Å²) in [5, 5.41) is 0. The predicted octanol–water partition coefficient (Wildman–Crippen LogP) is 3.00. The minimum atomic E-state index is 1.07. The predicted molar refractivity (Wildman–Crippen MR) is 52.8 cm³/mol. The Morgan fingerprint density at radius 1 is 1.25 bits per heavy atom. The molecule has 0 amide bonds. The van der Waals surface area contributed by atoms with Crippen LogP contribution in [0.4, 0.5) is 0 Å². The van der Waals surface area contributed by atoms with Crippen LogP contribution in [0.5, 0.6) is 0 Å². The molecule has 0 N–H and O–H groups in total. The zero-order valence-electron chi connectivity index (χ0n) is 7.46. The quantitative estimate of drug-likeness (QED) is 0.506. The average Bonchev–Trinajstić information content (AvgIpc) is 2.16. The first-order valence-corrected chi connectivity index (χ1v) is 4.03. The van der Waals surface area contributed by atoms with Crippen molar-refractivity contribution in [1.82, 2.24) is 0 Å².